The van der Waals surface area contributed by atoms with E-state index in [-0.39, 0.29) is 0 Å². The highest BCUT2D eigenvalue weighted by Crippen LogP contribution is 2.40. The van der Waals surface area contributed by atoms with E-state index in [1.54, 1.807) is 0 Å². The van der Waals surface area contributed by atoms with Gasteiger partial charge in [-0.05, 0) is 64.0 Å². The van der Waals surface area contributed by atoms with Crippen molar-refractivity contribution in [1.82, 2.24) is 9.55 Å². The van der Waals surface area contributed by atoms with Gasteiger partial charge in [0.15, 0.2) is 0 Å². The van der Waals surface area contributed by atoms with Crippen LogP contribution in [0.1, 0.15) is 0 Å². The second-order valence-electron chi connectivity index (χ2n) is 9.14. The van der Waals surface area contributed by atoms with Gasteiger partial charge in [-0.25, -0.2) is 0 Å². The number of nitrogens with zero attached hydrogens (tertiary/aromatic N) is 1. The van der Waals surface area contributed by atoms with Crippen molar-refractivity contribution in [3.63, 3.8) is 0 Å². The molecule has 2 heterocycles. The Morgan fingerprint density at radius 1 is 0.471 bits per heavy atom. The number of hydrogen-bond acceptors (Lipinski definition) is 0. The molecule has 0 radical (unpaired) electrons. The fraction of sp³-hybridized carbons (Fsp3) is 0. The number of nitrogens with one attached hydrogen (secondary N) is 1. The molecule has 0 saturated heterocycles. The van der Waals surface area contributed by atoms with Gasteiger partial charge in [0.05, 0.1) is 16.6 Å². The molecule has 34 heavy (non-hydrogen) atoms. The molecule has 0 spiro atoms. The first-order chi connectivity index (χ1) is 16.8. The van der Waals surface area contributed by atoms with E-state index in [0.29, 0.717) is 0 Å². The first kappa shape index (κ1) is 17.9. The first-order valence-electron chi connectivity index (χ1n) is 11.7. The van der Waals surface area contributed by atoms with Crippen LogP contribution in [0.5, 0.6) is 0 Å². The predicted molar refractivity (Wildman–Crippen MR) is 145 cm³/mol. The highest BCUT2D eigenvalue weighted by atomic mass is 15.0. The van der Waals surface area contributed by atoms with E-state index in [1.807, 2.05) is 0 Å². The molecule has 0 aliphatic carbocycles. The van der Waals surface area contributed by atoms with Gasteiger partial charge in [0, 0.05) is 32.7 Å². The van der Waals surface area contributed by atoms with E-state index in [9.17, 15) is 0 Å². The molecule has 0 unspecified atom stereocenters. The summed E-state index contributed by atoms with van der Waals surface area (Å²) in [5.41, 5.74) is 6.02. The van der Waals surface area contributed by atoms with E-state index in [1.165, 1.54) is 70.8 Å². The van der Waals surface area contributed by atoms with Crippen LogP contribution in [-0.2, 0) is 0 Å². The van der Waals surface area contributed by atoms with E-state index < -0.39 is 0 Å². The number of rotatable bonds is 1. The summed E-state index contributed by atoms with van der Waals surface area (Å²) in [6.45, 7) is 0. The fourth-order valence-corrected chi connectivity index (χ4v) is 5.70. The number of fused-ring (bicyclic) bond motifs is 9. The van der Waals surface area contributed by atoms with Crippen LogP contribution >= 0.6 is 0 Å². The smallest absolute Gasteiger partial charge is 0.0566 e. The summed E-state index contributed by atoms with van der Waals surface area (Å²) < 4.78 is 2.40. The standard InChI is InChI=1S/C32H20N2/c1-2-12-24(13-3-1)34-29-15-14-25-26-16-20-8-4-6-10-22(20)18-28(26)33-32(25)31(29)27-17-21-9-5-7-11-23(21)19-30(27)34/h1-19,33H. The number of aromatic amines is 1. The Morgan fingerprint density at radius 3 is 1.82 bits per heavy atom. The first-order valence-corrected chi connectivity index (χ1v) is 11.7. The second kappa shape index (κ2) is 6.49. The highest BCUT2D eigenvalue weighted by molar-refractivity contribution is 6.27. The minimum Gasteiger partial charge on any atom is -0.354 e. The molecule has 0 saturated carbocycles. The third-order valence-corrected chi connectivity index (χ3v) is 7.25. The van der Waals surface area contributed by atoms with E-state index in [0.717, 1.165) is 0 Å². The zero-order valence-electron chi connectivity index (χ0n) is 18.4. The lowest BCUT2D eigenvalue weighted by molar-refractivity contribution is 1.18. The average Bonchev–Trinajstić information content (AvgIpc) is 3.41. The Kier molecular flexibility index (Phi) is 3.42. The van der Waals surface area contributed by atoms with Crippen LogP contribution < -0.4 is 0 Å². The molecular formula is C32H20N2. The third kappa shape index (κ3) is 2.35. The van der Waals surface area contributed by atoms with Crippen LogP contribution in [0.4, 0.5) is 0 Å². The fourth-order valence-electron chi connectivity index (χ4n) is 5.70. The molecule has 2 aromatic heterocycles. The molecule has 158 valence electrons. The van der Waals surface area contributed by atoms with Crippen LogP contribution in [0.15, 0.2) is 115 Å². The van der Waals surface area contributed by atoms with Gasteiger partial charge in [0.1, 0.15) is 0 Å². The maximum atomic E-state index is 3.80. The molecule has 1 N–H and O–H groups in total. The lowest BCUT2D eigenvalue weighted by Crippen LogP contribution is -1.93. The molecule has 0 fully saturated rings. The molecule has 0 atom stereocenters. The van der Waals surface area contributed by atoms with Crippen LogP contribution in [0.25, 0.3) is 70.8 Å². The van der Waals surface area contributed by atoms with Gasteiger partial charge < -0.3 is 9.55 Å². The highest BCUT2D eigenvalue weighted by Gasteiger charge is 2.18. The number of aromatic nitrogens is 2. The summed E-state index contributed by atoms with van der Waals surface area (Å²) in [4.78, 5) is 3.80. The number of para-hydroxylation sites is 1. The molecular weight excluding hydrogens is 412 g/mol. The summed E-state index contributed by atoms with van der Waals surface area (Å²) in [5.74, 6) is 0. The Hall–Kier alpha value is -4.56. The number of H-pyrrole nitrogens is 1. The van der Waals surface area contributed by atoms with Crippen molar-refractivity contribution in [3.8, 4) is 5.69 Å². The maximum Gasteiger partial charge on any atom is 0.0566 e. The summed E-state index contributed by atoms with van der Waals surface area (Å²) in [7, 11) is 0. The Labute approximate surface area is 195 Å². The minimum absolute atomic E-state index is 1.18. The van der Waals surface area contributed by atoms with Crippen molar-refractivity contribution in [2.24, 2.45) is 0 Å². The van der Waals surface area contributed by atoms with Crippen LogP contribution in [-0.4, -0.2) is 9.55 Å². The number of hydrogen-bond donors (Lipinski definition) is 1. The number of benzene rings is 6. The maximum absolute atomic E-state index is 3.80. The van der Waals surface area contributed by atoms with E-state index in [4.69, 9.17) is 0 Å². The predicted octanol–water partition coefficient (Wildman–Crippen LogP) is 8.72. The summed E-state index contributed by atoms with van der Waals surface area (Å²) in [6.07, 6.45) is 0. The van der Waals surface area contributed by atoms with Crippen molar-refractivity contribution >= 4 is 65.2 Å². The van der Waals surface area contributed by atoms with Crippen molar-refractivity contribution in [3.05, 3.63) is 115 Å². The molecule has 0 amide bonds. The zero-order chi connectivity index (χ0) is 22.2. The molecule has 0 aliphatic rings. The quantitative estimate of drug-likeness (QED) is 0.268. The molecule has 8 rings (SSSR count). The van der Waals surface area contributed by atoms with Gasteiger partial charge in [-0.15, -0.1) is 0 Å². The van der Waals surface area contributed by atoms with Crippen LogP contribution in [0.2, 0.25) is 0 Å². The SMILES string of the molecule is c1ccc(-n2c3cc4ccccc4cc3c3c4[nH]c5cc6ccccc6cc5c4ccc32)cc1. The van der Waals surface area contributed by atoms with E-state index >= 15 is 0 Å². The Bertz CT molecular complexity index is 2060. The van der Waals surface area contributed by atoms with Gasteiger partial charge in [-0.1, -0.05) is 72.8 Å². The molecule has 0 aliphatic heterocycles. The Balaban J connectivity index is 1.61. The van der Waals surface area contributed by atoms with Gasteiger partial charge in [0.25, 0.3) is 0 Å². The topological polar surface area (TPSA) is 20.7 Å². The molecule has 6 aromatic carbocycles. The average molecular weight is 433 g/mol. The lowest BCUT2D eigenvalue weighted by Gasteiger charge is -2.08. The van der Waals surface area contributed by atoms with Crippen molar-refractivity contribution in [2.75, 3.05) is 0 Å². The van der Waals surface area contributed by atoms with Crippen LogP contribution in [0, 0.1) is 0 Å². The largest absolute Gasteiger partial charge is 0.354 e. The third-order valence-electron chi connectivity index (χ3n) is 7.25. The summed E-state index contributed by atoms with van der Waals surface area (Å²) in [6, 6.07) is 41.8. The monoisotopic (exact) mass is 432 g/mol. The van der Waals surface area contributed by atoms with E-state index in [2.05, 4.69) is 125 Å². The lowest BCUT2D eigenvalue weighted by atomic mass is 10.0. The molecule has 0 bridgehead atoms. The summed E-state index contributed by atoms with van der Waals surface area (Å²) in [5, 5.41) is 10.2. The zero-order valence-corrected chi connectivity index (χ0v) is 18.4. The minimum atomic E-state index is 1.18. The molecule has 2 heteroatoms. The second-order valence-corrected chi connectivity index (χ2v) is 9.14. The normalized spacial score (nSPS) is 12.1. The Morgan fingerprint density at radius 2 is 1.09 bits per heavy atom. The van der Waals surface area contributed by atoms with Gasteiger partial charge >= 0.3 is 0 Å². The van der Waals surface area contributed by atoms with Gasteiger partial charge in [-0.3, -0.25) is 0 Å². The van der Waals surface area contributed by atoms with Crippen molar-refractivity contribution < 1.29 is 0 Å². The molecule has 2 nitrogen and oxygen atoms in total. The van der Waals surface area contributed by atoms with Gasteiger partial charge in [0.2, 0.25) is 0 Å². The summed E-state index contributed by atoms with van der Waals surface area (Å²) >= 11 is 0. The van der Waals surface area contributed by atoms with Crippen molar-refractivity contribution in [1.29, 1.82) is 0 Å². The molecule has 8 aromatic rings. The van der Waals surface area contributed by atoms with Crippen molar-refractivity contribution in [2.45, 2.75) is 0 Å². The van der Waals surface area contributed by atoms with Gasteiger partial charge in [-0.2, -0.15) is 0 Å². The van der Waals surface area contributed by atoms with Crippen LogP contribution in [0.3, 0.4) is 0 Å².